The topological polar surface area (TPSA) is 76.0 Å². The number of carboxylic acid groups (broad SMARTS) is 1. The van der Waals surface area contributed by atoms with Crippen molar-refractivity contribution in [1.82, 2.24) is 0 Å². The number of aryl methyl sites for hydroxylation is 1. The second-order valence-electron chi connectivity index (χ2n) is 12.2. The molecule has 5 nitrogen and oxygen atoms in total. The van der Waals surface area contributed by atoms with E-state index in [1.54, 1.807) is 25.3 Å². The Morgan fingerprint density at radius 3 is 2.09 bits per heavy atom. The normalized spacial score (nSPS) is 12.3. The van der Waals surface area contributed by atoms with Crippen LogP contribution in [0, 0.1) is 6.92 Å². The first kappa shape index (κ1) is 32.6. The smallest absolute Gasteiger partial charge is 0.307 e. The van der Waals surface area contributed by atoms with Crippen molar-refractivity contribution in [3.8, 4) is 23.0 Å². The van der Waals surface area contributed by atoms with Crippen molar-refractivity contribution in [2.24, 2.45) is 0 Å². The highest BCUT2D eigenvalue weighted by molar-refractivity contribution is 9.11. The average Bonchev–Trinajstić information content (AvgIpc) is 2.91. The predicted molar refractivity (Wildman–Crippen MR) is 179 cm³/mol. The molecular formula is C36H38Br2O5. The number of benzene rings is 4. The fraction of sp³-hybridized carbons (Fsp3) is 0.306. The van der Waals surface area contributed by atoms with Gasteiger partial charge in [-0.1, -0.05) is 76.6 Å². The molecule has 0 radical (unpaired) electrons. The first-order valence-electron chi connectivity index (χ1n) is 14.2. The van der Waals surface area contributed by atoms with E-state index in [-0.39, 0.29) is 23.5 Å². The molecule has 0 saturated heterocycles. The summed E-state index contributed by atoms with van der Waals surface area (Å²) < 4.78 is 13.9. The number of ether oxygens (including phenoxy) is 2. The summed E-state index contributed by atoms with van der Waals surface area (Å²) in [5, 5.41) is 20.7. The monoisotopic (exact) mass is 708 g/mol. The number of methoxy groups -OCH3 is 1. The Bertz CT molecular complexity index is 1630. The minimum Gasteiger partial charge on any atom is -0.508 e. The molecule has 4 aromatic rings. The van der Waals surface area contributed by atoms with Gasteiger partial charge in [0.05, 0.1) is 22.5 Å². The largest absolute Gasteiger partial charge is 0.508 e. The number of halogens is 2. The highest BCUT2D eigenvalue weighted by atomic mass is 79.9. The summed E-state index contributed by atoms with van der Waals surface area (Å²) in [7, 11) is 1.67. The molecule has 43 heavy (non-hydrogen) atoms. The zero-order valence-corrected chi connectivity index (χ0v) is 28.8. The molecule has 0 amide bonds. The highest BCUT2D eigenvalue weighted by Crippen LogP contribution is 2.48. The fourth-order valence-electron chi connectivity index (χ4n) is 5.26. The summed E-state index contributed by atoms with van der Waals surface area (Å²) in [5.41, 5.74) is 6.27. The molecule has 0 spiro atoms. The number of hydrogen-bond acceptors (Lipinski definition) is 4. The van der Waals surface area contributed by atoms with Gasteiger partial charge in [0.2, 0.25) is 0 Å². The third-order valence-electron chi connectivity index (χ3n) is 7.50. The van der Waals surface area contributed by atoms with Gasteiger partial charge in [-0.05, 0) is 97.1 Å². The van der Waals surface area contributed by atoms with Crippen LogP contribution in [0.25, 0.3) is 0 Å². The molecule has 0 fully saturated rings. The third-order valence-corrected chi connectivity index (χ3v) is 8.68. The van der Waals surface area contributed by atoms with Crippen molar-refractivity contribution in [3.05, 3.63) is 115 Å². The van der Waals surface area contributed by atoms with Gasteiger partial charge in [0.25, 0.3) is 0 Å². The molecule has 0 aliphatic carbocycles. The van der Waals surface area contributed by atoms with E-state index < -0.39 is 11.9 Å². The maximum atomic E-state index is 11.4. The molecule has 4 rings (SSSR count). The number of aliphatic carboxylic acids is 1. The van der Waals surface area contributed by atoms with Crippen molar-refractivity contribution < 1.29 is 24.5 Å². The first-order chi connectivity index (χ1) is 20.2. The van der Waals surface area contributed by atoms with Crippen LogP contribution in [0.3, 0.4) is 0 Å². The third kappa shape index (κ3) is 7.44. The van der Waals surface area contributed by atoms with Gasteiger partial charge in [-0.2, -0.15) is 0 Å². The van der Waals surface area contributed by atoms with Crippen LogP contribution in [0.1, 0.15) is 85.4 Å². The van der Waals surface area contributed by atoms with Gasteiger partial charge in [-0.25, -0.2) is 0 Å². The Hall–Kier alpha value is -3.29. The van der Waals surface area contributed by atoms with Gasteiger partial charge in [0.15, 0.2) is 5.75 Å². The van der Waals surface area contributed by atoms with Crippen molar-refractivity contribution in [2.75, 3.05) is 7.11 Å². The lowest BCUT2D eigenvalue weighted by molar-refractivity contribution is -0.136. The minimum atomic E-state index is -0.912. The molecule has 0 heterocycles. The van der Waals surface area contributed by atoms with E-state index in [1.165, 1.54) is 0 Å². The van der Waals surface area contributed by atoms with Crippen LogP contribution in [-0.4, -0.2) is 23.3 Å². The van der Waals surface area contributed by atoms with Gasteiger partial charge in [0.1, 0.15) is 17.2 Å². The van der Waals surface area contributed by atoms with E-state index in [0.717, 1.165) is 39.1 Å². The number of carbonyl (C=O) groups is 1. The summed E-state index contributed by atoms with van der Waals surface area (Å²) >= 11 is 7.22. The van der Waals surface area contributed by atoms with Crippen LogP contribution < -0.4 is 9.47 Å². The fourth-order valence-corrected chi connectivity index (χ4v) is 6.70. The van der Waals surface area contributed by atoms with Gasteiger partial charge in [-0.3, -0.25) is 4.79 Å². The summed E-state index contributed by atoms with van der Waals surface area (Å²) in [6.07, 6.45) is -0.110. The molecular weight excluding hydrogens is 672 g/mol. The zero-order chi connectivity index (χ0) is 31.6. The number of rotatable bonds is 9. The summed E-state index contributed by atoms with van der Waals surface area (Å²) in [6.45, 7) is 12.7. The SMILES string of the molecule is COc1cc(C(c2cccc(C)c2)c2cc(C(C)(C)C)ccc2O)c(Oc2c(Br)cc(CC(=O)O)cc2Br)cc1C(C)C. The summed E-state index contributed by atoms with van der Waals surface area (Å²) in [4.78, 5) is 11.4. The Labute approximate surface area is 271 Å². The van der Waals surface area contributed by atoms with E-state index >= 15 is 0 Å². The van der Waals surface area contributed by atoms with Crippen molar-refractivity contribution in [2.45, 2.75) is 65.2 Å². The standard InChI is InChI=1S/C36H38Br2O5/c1-20(2)25-18-32(43-35-28(37)14-22(15-29(35)38)16-33(40)41)27(19-31(25)42-7)34(23-10-8-9-21(3)13-23)26-17-24(36(4,5)6)11-12-30(26)39/h8-15,17-20,34,39H,16H2,1-7H3,(H,40,41). The van der Waals surface area contributed by atoms with E-state index in [4.69, 9.17) is 9.47 Å². The van der Waals surface area contributed by atoms with Crippen molar-refractivity contribution in [1.29, 1.82) is 0 Å². The quantitative estimate of drug-likeness (QED) is 0.169. The Kier molecular flexibility index (Phi) is 9.97. The van der Waals surface area contributed by atoms with Crippen LogP contribution in [0.2, 0.25) is 0 Å². The Morgan fingerprint density at radius 2 is 1.53 bits per heavy atom. The molecule has 1 unspecified atom stereocenters. The average molecular weight is 711 g/mol. The second-order valence-corrected chi connectivity index (χ2v) is 13.9. The highest BCUT2D eigenvalue weighted by Gasteiger charge is 2.29. The van der Waals surface area contributed by atoms with Crippen LogP contribution in [0.5, 0.6) is 23.0 Å². The molecule has 0 saturated carbocycles. The Morgan fingerprint density at radius 1 is 0.884 bits per heavy atom. The number of phenols is 1. The van der Waals surface area contributed by atoms with Crippen LogP contribution in [-0.2, 0) is 16.6 Å². The molecule has 7 heteroatoms. The van der Waals surface area contributed by atoms with Gasteiger partial charge in [-0.15, -0.1) is 0 Å². The van der Waals surface area contributed by atoms with Crippen molar-refractivity contribution in [3.63, 3.8) is 0 Å². The van der Waals surface area contributed by atoms with Crippen LogP contribution in [0.15, 0.2) is 75.7 Å². The van der Waals surface area contributed by atoms with Crippen molar-refractivity contribution >= 4 is 37.8 Å². The molecule has 1 atom stereocenters. The van der Waals surface area contributed by atoms with Gasteiger partial charge >= 0.3 is 5.97 Å². The second kappa shape index (κ2) is 13.1. The molecule has 0 bridgehead atoms. The summed E-state index contributed by atoms with van der Waals surface area (Å²) in [6, 6.07) is 21.7. The molecule has 2 N–H and O–H groups in total. The number of carboxylic acids is 1. The van der Waals surface area contributed by atoms with E-state index in [2.05, 4.69) is 97.7 Å². The minimum absolute atomic E-state index is 0.110. The lowest BCUT2D eigenvalue weighted by Crippen LogP contribution is -2.13. The zero-order valence-electron chi connectivity index (χ0n) is 25.6. The molecule has 226 valence electrons. The van der Waals surface area contributed by atoms with Crippen LogP contribution in [0.4, 0.5) is 0 Å². The number of phenolic OH excluding ortho intramolecular Hbond substituents is 1. The first-order valence-corrected chi connectivity index (χ1v) is 15.8. The lowest BCUT2D eigenvalue weighted by Gasteiger charge is -2.27. The van der Waals surface area contributed by atoms with Gasteiger partial charge in [0, 0.05) is 22.6 Å². The van der Waals surface area contributed by atoms with Gasteiger partial charge < -0.3 is 19.7 Å². The molecule has 0 aromatic heterocycles. The molecule has 0 aliphatic heterocycles. The number of aromatic hydroxyl groups is 1. The molecule has 4 aromatic carbocycles. The lowest BCUT2D eigenvalue weighted by atomic mass is 9.79. The van der Waals surface area contributed by atoms with E-state index in [9.17, 15) is 15.0 Å². The predicted octanol–water partition coefficient (Wildman–Crippen LogP) is 10.3. The maximum Gasteiger partial charge on any atom is 0.307 e. The summed E-state index contributed by atoms with van der Waals surface area (Å²) in [5.74, 6) is 0.885. The Balaban J connectivity index is 2.04. The van der Waals surface area contributed by atoms with E-state index in [0.29, 0.717) is 26.0 Å². The molecule has 0 aliphatic rings. The van der Waals surface area contributed by atoms with E-state index in [1.807, 2.05) is 24.3 Å². The maximum absolute atomic E-state index is 11.4. The number of hydrogen-bond donors (Lipinski definition) is 2. The van der Waals surface area contributed by atoms with Crippen LogP contribution >= 0.6 is 31.9 Å².